The Balaban J connectivity index is 2.05. The van der Waals surface area contributed by atoms with Crippen molar-refractivity contribution in [2.24, 2.45) is 0 Å². The molecule has 0 aliphatic rings. The van der Waals surface area contributed by atoms with Crippen molar-refractivity contribution in [3.05, 3.63) is 77.7 Å². The molecule has 5 heteroatoms. The monoisotopic (exact) mass is 366 g/mol. The van der Waals surface area contributed by atoms with E-state index < -0.39 is 0 Å². The van der Waals surface area contributed by atoms with E-state index in [9.17, 15) is 9.18 Å². The maximum atomic E-state index is 13.2. The summed E-state index contributed by atoms with van der Waals surface area (Å²) in [6.07, 6.45) is 4.55. The Morgan fingerprint density at radius 1 is 1.12 bits per heavy atom. The molecule has 0 fully saturated rings. The third kappa shape index (κ3) is 3.78. The number of thioether (sulfide) groups is 1. The van der Waals surface area contributed by atoms with Crippen LogP contribution in [0.2, 0.25) is 0 Å². The van der Waals surface area contributed by atoms with Crippen LogP contribution in [0.5, 0.6) is 0 Å². The van der Waals surface area contributed by atoms with Crippen molar-refractivity contribution in [3.8, 4) is 11.3 Å². The molecule has 0 bridgehead atoms. The van der Waals surface area contributed by atoms with E-state index in [0.717, 1.165) is 33.7 Å². The normalized spacial score (nSPS) is 10.6. The second-order valence-corrected chi connectivity index (χ2v) is 6.73. The lowest BCUT2D eigenvalue weighted by atomic mass is 10.0. The molecule has 0 spiro atoms. The Bertz CT molecular complexity index is 912. The minimum atomic E-state index is -0.272. The molecule has 26 heavy (non-hydrogen) atoms. The number of hydrogen-bond donors (Lipinski definition) is 0. The van der Waals surface area contributed by atoms with Gasteiger partial charge in [-0.25, -0.2) is 4.39 Å². The van der Waals surface area contributed by atoms with Gasteiger partial charge in [-0.2, -0.15) is 0 Å². The first-order chi connectivity index (χ1) is 12.6. The summed E-state index contributed by atoms with van der Waals surface area (Å²) >= 11 is 1.65. The number of hydrogen-bond acceptors (Lipinski definition) is 4. The predicted molar refractivity (Wildman–Crippen MR) is 105 cm³/mol. The highest BCUT2D eigenvalue weighted by molar-refractivity contribution is 7.98. The molecule has 0 unspecified atom stereocenters. The van der Waals surface area contributed by atoms with E-state index in [2.05, 4.69) is 4.98 Å². The van der Waals surface area contributed by atoms with E-state index in [0.29, 0.717) is 12.1 Å². The maximum absolute atomic E-state index is 13.2. The second kappa shape index (κ2) is 8.15. The highest BCUT2D eigenvalue weighted by atomic mass is 32.2. The van der Waals surface area contributed by atoms with Crippen molar-refractivity contribution in [2.45, 2.75) is 11.4 Å². The molecule has 0 aliphatic heterocycles. The van der Waals surface area contributed by atoms with Gasteiger partial charge < -0.3 is 4.90 Å². The fourth-order valence-electron chi connectivity index (χ4n) is 2.88. The molecular formula is C21H19FN2OS. The van der Waals surface area contributed by atoms with E-state index in [1.165, 1.54) is 12.1 Å². The number of anilines is 1. The van der Waals surface area contributed by atoms with Crippen LogP contribution >= 0.6 is 11.8 Å². The Morgan fingerprint density at radius 3 is 2.54 bits per heavy atom. The van der Waals surface area contributed by atoms with Crippen LogP contribution in [0.4, 0.5) is 10.1 Å². The van der Waals surface area contributed by atoms with E-state index >= 15 is 0 Å². The molecular weight excluding hydrogens is 347 g/mol. The molecule has 2 aromatic carbocycles. The minimum Gasteiger partial charge on any atom is -0.370 e. The predicted octanol–water partition coefficient (Wildman–Crippen LogP) is 5.06. The molecule has 1 aromatic heterocycles. The molecule has 0 N–H and O–H groups in total. The number of rotatable bonds is 6. The number of halogens is 1. The fourth-order valence-corrected chi connectivity index (χ4v) is 3.48. The molecule has 0 aliphatic carbocycles. The minimum absolute atomic E-state index is 0.272. The van der Waals surface area contributed by atoms with Crippen molar-refractivity contribution in [3.63, 3.8) is 0 Å². The first-order valence-electron chi connectivity index (χ1n) is 8.17. The third-order valence-corrected chi connectivity index (χ3v) is 5.04. The molecule has 132 valence electrons. The zero-order chi connectivity index (χ0) is 18.5. The molecule has 3 nitrogen and oxygen atoms in total. The lowest BCUT2D eigenvalue weighted by Gasteiger charge is -2.22. The van der Waals surface area contributed by atoms with Gasteiger partial charge in [0, 0.05) is 47.1 Å². The zero-order valence-electron chi connectivity index (χ0n) is 14.6. The van der Waals surface area contributed by atoms with E-state index in [4.69, 9.17) is 0 Å². The van der Waals surface area contributed by atoms with Crippen LogP contribution in [0.3, 0.4) is 0 Å². The standard InChI is InChI=1S/C21H19FN2OS/c1-24(17-9-7-16(22)8-10-17)13-19-15(14-25)11-12-23-21(19)18-5-3-4-6-20(18)26-2/h3-12,14H,13H2,1-2H3. The summed E-state index contributed by atoms with van der Waals surface area (Å²) in [5.41, 5.74) is 4.15. The summed E-state index contributed by atoms with van der Waals surface area (Å²) in [5.74, 6) is -0.272. The summed E-state index contributed by atoms with van der Waals surface area (Å²) in [4.78, 5) is 19.3. The molecule has 3 rings (SSSR count). The first kappa shape index (κ1) is 18.1. The fraction of sp³-hybridized carbons (Fsp3) is 0.143. The van der Waals surface area contributed by atoms with Crippen LogP contribution < -0.4 is 4.90 Å². The molecule has 0 radical (unpaired) electrons. The van der Waals surface area contributed by atoms with Gasteiger partial charge in [-0.3, -0.25) is 9.78 Å². The average Bonchev–Trinajstić information content (AvgIpc) is 2.68. The number of carbonyl (C=O) groups is 1. The molecule has 1 heterocycles. The zero-order valence-corrected chi connectivity index (χ0v) is 15.5. The number of nitrogens with zero attached hydrogens (tertiary/aromatic N) is 2. The number of benzene rings is 2. The van der Waals surface area contributed by atoms with Gasteiger partial charge >= 0.3 is 0 Å². The number of aldehydes is 1. The quantitative estimate of drug-likeness (QED) is 0.451. The number of pyridine rings is 1. The van der Waals surface area contributed by atoms with E-state index in [-0.39, 0.29) is 5.82 Å². The highest BCUT2D eigenvalue weighted by Crippen LogP contribution is 2.32. The van der Waals surface area contributed by atoms with Gasteiger partial charge in [0.25, 0.3) is 0 Å². The largest absolute Gasteiger partial charge is 0.370 e. The number of carbonyl (C=O) groups excluding carboxylic acids is 1. The maximum Gasteiger partial charge on any atom is 0.150 e. The van der Waals surface area contributed by atoms with Crippen LogP contribution in [0.25, 0.3) is 11.3 Å². The van der Waals surface area contributed by atoms with Crippen LogP contribution in [-0.2, 0) is 6.54 Å². The van der Waals surface area contributed by atoms with Crippen LogP contribution in [-0.4, -0.2) is 24.6 Å². The van der Waals surface area contributed by atoms with Crippen LogP contribution in [0.15, 0.2) is 65.7 Å². The smallest absolute Gasteiger partial charge is 0.150 e. The van der Waals surface area contributed by atoms with Crippen molar-refractivity contribution < 1.29 is 9.18 Å². The van der Waals surface area contributed by atoms with Gasteiger partial charge in [0.05, 0.1) is 5.69 Å². The summed E-state index contributed by atoms with van der Waals surface area (Å²) in [6.45, 7) is 0.492. The van der Waals surface area contributed by atoms with Gasteiger partial charge in [-0.05, 0) is 42.7 Å². The molecule has 0 saturated heterocycles. The van der Waals surface area contributed by atoms with Crippen LogP contribution in [0.1, 0.15) is 15.9 Å². The van der Waals surface area contributed by atoms with Crippen molar-refractivity contribution in [1.82, 2.24) is 4.98 Å². The van der Waals surface area contributed by atoms with Crippen molar-refractivity contribution in [2.75, 3.05) is 18.2 Å². The summed E-state index contributed by atoms with van der Waals surface area (Å²) in [7, 11) is 1.92. The average molecular weight is 366 g/mol. The summed E-state index contributed by atoms with van der Waals surface area (Å²) < 4.78 is 13.2. The van der Waals surface area contributed by atoms with Gasteiger partial charge in [0.2, 0.25) is 0 Å². The number of aromatic nitrogens is 1. The van der Waals surface area contributed by atoms with E-state index in [1.54, 1.807) is 36.2 Å². The summed E-state index contributed by atoms with van der Waals surface area (Å²) in [5, 5.41) is 0. The Morgan fingerprint density at radius 2 is 1.85 bits per heavy atom. The molecule has 0 atom stereocenters. The van der Waals surface area contributed by atoms with Crippen molar-refractivity contribution in [1.29, 1.82) is 0 Å². The first-order valence-corrected chi connectivity index (χ1v) is 9.39. The van der Waals surface area contributed by atoms with Gasteiger partial charge in [-0.1, -0.05) is 18.2 Å². The Kier molecular flexibility index (Phi) is 5.68. The second-order valence-electron chi connectivity index (χ2n) is 5.88. The lowest BCUT2D eigenvalue weighted by Crippen LogP contribution is -2.18. The van der Waals surface area contributed by atoms with Gasteiger partial charge in [0.1, 0.15) is 5.82 Å². The van der Waals surface area contributed by atoms with Gasteiger partial charge in [-0.15, -0.1) is 11.8 Å². The highest BCUT2D eigenvalue weighted by Gasteiger charge is 2.16. The summed E-state index contributed by atoms with van der Waals surface area (Å²) in [6, 6.07) is 16.1. The van der Waals surface area contributed by atoms with Gasteiger partial charge in [0.15, 0.2) is 6.29 Å². The lowest BCUT2D eigenvalue weighted by molar-refractivity contribution is 0.112. The topological polar surface area (TPSA) is 33.2 Å². The van der Waals surface area contributed by atoms with Crippen molar-refractivity contribution >= 4 is 23.7 Å². The van der Waals surface area contributed by atoms with Crippen LogP contribution in [0, 0.1) is 5.82 Å². The third-order valence-electron chi connectivity index (χ3n) is 4.24. The van der Waals surface area contributed by atoms with E-state index in [1.807, 2.05) is 42.5 Å². The Hall–Kier alpha value is -2.66. The Labute approximate surface area is 156 Å². The SMILES string of the molecule is CSc1ccccc1-c1nccc(C=O)c1CN(C)c1ccc(F)cc1. The molecule has 3 aromatic rings. The molecule has 0 saturated carbocycles. The molecule has 0 amide bonds.